The molecule has 0 spiro atoms. The van der Waals surface area contributed by atoms with E-state index in [1.54, 1.807) is 6.20 Å². The Labute approximate surface area is 247 Å². The van der Waals surface area contributed by atoms with Crippen molar-refractivity contribution in [3.8, 4) is 0 Å². The number of fused-ring (bicyclic) bond motifs is 1. The molecular formula is C28H35B3N6O3S. The number of pyridine rings is 1. The summed E-state index contributed by atoms with van der Waals surface area (Å²) in [5.74, 6) is 2.60. The van der Waals surface area contributed by atoms with Crippen molar-refractivity contribution in [2.24, 2.45) is 5.92 Å². The zero-order valence-electron chi connectivity index (χ0n) is 24.1. The van der Waals surface area contributed by atoms with Crippen LogP contribution in [0, 0.1) is 5.92 Å². The normalized spacial score (nSPS) is 20.4. The summed E-state index contributed by atoms with van der Waals surface area (Å²) in [6, 6.07) is 8.33. The lowest BCUT2D eigenvalue weighted by Gasteiger charge is -2.48. The summed E-state index contributed by atoms with van der Waals surface area (Å²) >= 11 is 0. The van der Waals surface area contributed by atoms with Crippen molar-refractivity contribution in [2.45, 2.75) is 57.0 Å². The molecule has 2 aliphatic heterocycles. The van der Waals surface area contributed by atoms with Gasteiger partial charge in [0, 0.05) is 61.3 Å². The minimum atomic E-state index is -3.02. The first kappa shape index (κ1) is 29.7. The van der Waals surface area contributed by atoms with Crippen LogP contribution in [0.5, 0.6) is 0 Å². The van der Waals surface area contributed by atoms with Gasteiger partial charge in [-0.05, 0) is 60.1 Å². The van der Waals surface area contributed by atoms with E-state index in [2.05, 4.69) is 59.1 Å². The van der Waals surface area contributed by atoms with Crippen LogP contribution in [0.1, 0.15) is 45.1 Å². The van der Waals surface area contributed by atoms with Crippen molar-refractivity contribution in [1.29, 1.82) is 0 Å². The van der Waals surface area contributed by atoms with Crippen molar-refractivity contribution in [3.05, 3.63) is 42.2 Å². The van der Waals surface area contributed by atoms with E-state index in [9.17, 15) is 8.42 Å². The van der Waals surface area contributed by atoms with Crippen LogP contribution in [0.2, 0.25) is 0 Å². The molecular weight excluding hydrogens is 533 g/mol. The van der Waals surface area contributed by atoms with Crippen LogP contribution in [-0.2, 0) is 14.6 Å². The minimum Gasteiger partial charge on any atom is -0.400 e. The number of aromatic nitrogens is 3. The highest BCUT2D eigenvalue weighted by atomic mass is 32.2. The van der Waals surface area contributed by atoms with E-state index in [0.717, 1.165) is 16.5 Å². The predicted molar refractivity (Wildman–Crippen MR) is 167 cm³/mol. The van der Waals surface area contributed by atoms with E-state index >= 15 is 0 Å². The van der Waals surface area contributed by atoms with Crippen molar-refractivity contribution in [2.75, 3.05) is 46.8 Å². The molecule has 2 fully saturated rings. The molecule has 2 saturated heterocycles. The molecule has 2 aromatic heterocycles. The zero-order valence-corrected chi connectivity index (χ0v) is 24.9. The van der Waals surface area contributed by atoms with Crippen LogP contribution in [-0.4, -0.2) is 96.0 Å². The largest absolute Gasteiger partial charge is 0.400 e. The summed E-state index contributed by atoms with van der Waals surface area (Å²) in [7, 11) is 13.7. The van der Waals surface area contributed by atoms with E-state index in [4.69, 9.17) is 38.2 Å². The fraction of sp³-hybridized carbons (Fsp3) is 0.536. The maximum Gasteiger partial charge on any atom is 0.227 e. The summed E-state index contributed by atoms with van der Waals surface area (Å²) in [4.78, 5) is 18.3. The SMILES string of the molecule is [B]C([B])([B])OC1CCN(c2nccc(Nc3cc4c(C(C)C)ccc(N5C[C@H](CS(C)(=O)=O)[C@H]5C)c4cn3)n2)CC1. The van der Waals surface area contributed by atoms with Crippen molar-refractivity contribution >= 4 is 67.4 Å². The number of ether oxygens (including phenoxy) is 1. The van der Waals surface area contributed by atoms with Crippen LogP contribution in [0.3, 0.4) is 0 Å². The molecule has 6 radical (unpaired) electrons. The smallest absolute Gasteiger partial charge is 0.227 e. The zero-order chi connectivity index (χ0) is 29.5. The van der Waals surface area contributed by atoms with Crippen LogP contribution in [0.4, 0.5) is 23.3 Å². The first-order valence-corrected chi connectivity index (χ1v) is 16.1. The van der Waals surface area contributed by atoms with Gasteiger partial charge in [-0.2, -0.15) is 4.98 Å². The Morgan fingerprint density at radius 1 is 1.10 bits per heavy atom. The number of benzene rings is 1. The number of nitrogens with zero attached hydrogens (tertiary/aromatic N) is 5. The van der Waals surface area contributed by atoms with Crippen molar-refractivity contribution in [1.82, 2.24) is 15.0 Å². The molecule has 5 rings (SSSR count). The summed E-state index contributed by atoms with van der Waals surface area (Å²) in [5, 5.41) is 3.89. The lowest BCUT2D eigenvalue weighted by molar-refractivity contribution is 0.0305. The molecule has 1 aromatic carbocycles. The summed E-state index contributed by atoms with van der Waals surface area (Å²) in [6.07, 6.45) is 6.25. The third-order valence-corrected chi connectivity index (χ3v) is 8.99. The van der Waals surface area contributed by atoms with Gasteiger partial charge in [-0.15, -0.1) is 0 Å². The predicted octanol–water partition coefficient (Wildman–Crippen LogP) is 2.86. The molecule has 13 heteroatoms. The monoisotopic (exact) mass is 568 g/mol. The highest BCUT2D eigenvalue weighted by Crippen LogP contribution is 2.39. The van der Waals surface area contributed by atoms with E-state index in [1.807, 2.05) is 12.3 Å². The summed E-state index contributed by atoms with van der Waals surface area (Å²) in [6.45, 7) is 8.54. The molecule has 41 heavy (non-hydrogen) atoms. The van der Waals surface area contributed by atoms with Gasteiger partial charge in [-0.3, -0.25) is 0 Å². The summed E-state index contributed by atoms with van der Waals surface area (Å²) < 4.78 is 29.2. The Balaban J connectivity index is 1.34. The van der Waals surface area contributed by atoms with Gasteiger partial charge >= 0.3 is 0 Å². The number of piperidine rings is 1. The highest BCUT2D eigenvalue weighted by molar-refractivity contribution is 7.90. The maximum absolute atomic E-state index is 11.8. The lowest BCUT2D eigenvalue weighted by Crippen LogP contribution is -2.57. The van der Waals surface area contributed by atoms with Gasteiger partial charge in [0.1, 0.15) is 21.5 Å². The molecule has 0 bridgehead atoms. The lowest BCUT2D eigenvalue weighted by atomic mass is 9.52. The van der Waals surface area contributed by atoms with E-state index in [0.29, 0.717) is 56.0 Å². The second-order valence-electron chi connectivity index (χ2n) is 11.7. The van der Waals surface area contributed by atoms with Gasteiger partial charge in [0.2, 0.25) is 5.95 Å². The van der Waals surface area contributed by atoms with Crippen molar-refractivity contribution < 1.29 is 13.2 Å². The molecule has 210 valence electrons. The number of sulfone groups is 1. The number of rotatable bonds is 9. The van der Waals surface area contributed by atoms with Gasteiger partial charge in [0.15, 0.2) is 0 Å². The second-order valence-corrected chi connectivity index (χ2v) is 13.9. The quantitative estimate of drug-likeness (QED) is 0.391. The Hall–Kier alpha value is -2.79. The molecule has 0 saturated carbocycles. The second kappa shape index (κ2) is 11.5. The average Bonchev–Trinajstić information content (AvgIpc) is 2.89. The Bertz CT molecular complexity index is 1510. The fourth-order valence-corrected chi connectivity index (χ4v) is 6.98. The molecule has 2 atom stereocenters. The third kappa shape index (κ3) is 7.00. The first-order chi connectivity index (χ1) is 19.3. The fourth-order valence-electron chi connectivity index (χ4n) is 5.82. The maximum atomic E-state index is 11.8. The third-order valence-electron chi connectivity index (χ3n) is 7.96. The van der Waals surface area contributed by atoms with Gasteiger partial charge in [0.05, 0.1) is 35.4 Å². The molecule has 4 heterocycles. The Morgan fingerprint density at radius 3 is 2.46 bits per heavy atom. The van der Waals surface area contributed by atoms with E-state index in [-0.39, 0.29) is 23.8 Å². The molecule has 9 nitrogen and oxygen atoms in total. The molecule has 3 aromatic rings. The molecule has 2 aliphatic rings. The first-order valence-electron chi connectivity index (χ1n) is 14.0. The van der Waals surface area contributed by atoms with Crippen molar-refractivity contribution in [3.63, 3.8) is 0 Å². The Morgan fingerprint density at radius 2 is 1.83 bits per heavy atom. The molecule has 0 unspecified atom stereocenters. The van der Waals surface area contributed by atoms with Gasteiger partial charge in [0.25, 0.3) is 0 Å². The van der Waals surface area contributed by atoms with Gasteiger partial charge in [-0.25, -0.2) is 18.4 Å². The minimum absolute atomic E-state index is 0.112. The van der Waals surface area contributed by atoms with Gasteiger partial charge in [-0.1, -0.05) is 19.9 Å². The number of nitrogens with one attached hydrogen (secondary N) is 1. The topological polar surface area (TPSA) is 101 Å². The van der Waals surface area contributed by atoms with Crippen LogP contribution >= 0.6 is 0 Å². The molecule has 0 amide bonds. The molecule has 1 N–H and O–H groups in total. The van der Waals surface area contributed by atoms with E-state index < -0.39 is 15.1 Å². The Kier molecular flexibility index (Phi) is 8.31. The number of hydrogen-bond donors (Lipinski definition) is 1. The van der Waals surface area contributed by atoms with Crippen LogP contribution < -0.4 is 15.1 Å². The van der Waals surface area contributed by atoms with Gasteiger partial charge < -0.3 is 19.9 Å². The van der Waals surface area contributed by atoms with Crippen LogP contribution in [0.15, 0.2) is 36.7 Å². The van der Waals surface area contributed by atoms with E-state index in [1.165, 1.54) is 11.8 Å². The number of anilines is 4. The standard InChI is InChI=1S/C28H35B3N6O3S/c1-17(2)21-5-6-24(37-15-19(18(37)3)16-41(4,38)39)23-14-33-26(13-22(21)23)34-25-7-10-32-27(35-25)36-11-8-20(9-12-36)40-28(29,30)31/h5-7,10,13-14,17-20H,8-9,11-12,15-16H2,1-4H3,(H,32,33,34,35)/t18-,19-/m1/s1. The van der Waals surface area contributed by atoms with Crippen LogP contribution in [0.25, 0.3) is 10.8 Å². The number of hydrogen-bond acceptors (Lipinski definition) is 9. The average molecular weight is 568 g/mol. The molecule has 0 aliphatic carbocycles. The highest BCUT2D eigenvalue weighted by Gasteiger charge is 2.38. The summed E-state index contributed by atoms with van der Waals surface area (Å²) in [5.41, 5.74) is 2.30.